The van der Waals surface area contributed by atoms with Crippen molar-refractivity contribution in [3.8, 4) is 0 Å². The van der Waals surface area contributed by atoms with Crippen LogP contribution in [0.25, 0.3) is 0 Å². The van der Waals surface area contributed by atoms with Gasteiger partial charge in [0.2, 0.25) is 0 Å². The molecule has 0 fully saturated rings. The first-order valence-corrected chi connectivity index (χ1v) is 10.6. The molecule has 2 N–H and O–H groups in total. The van der Waals surface area contributed by atoms with E-state index < -0.39 is 6.10 Å². The zero-order chi connectivity index (χ0) is 21.2. The van der Waals surface area contributed by atoms with Crippen LogP contribution in [0.4, 0.5) is 0 Å². The molecule has 0 aliphatic rings. The number of carbonyl (C=O) groups is 1. The Bertz CT molecular complexity index is 772. The molecule has 1 heterocycles. The second kappa shape index (κ2) is 12.1. The second-order valence-corrected chi connectivity index (χ2v) is 8.40. The molecule has 1 aromatic carbocycles. The molecule has 1 amide bonds. The Morgan fingerprint density at radius 3 is 2.66 bits per heavy atom. The van der Waals surface area contributed by atoms with Crippen molar-refractivity contribution in [2.45, 2.75) is 32.8 Å². The van der Waals surface area contributed by atoms with E-state index in [2.05, 4.69) is 29.0 Å². The van der Waals surface area contributed by atoms with Crippen molar-refractivity contribution in [1.29, 1.82) is 0 Å². The fraction of sp³-hybridized carbons (Fsp3) is 0.455. The fourth-order valence-corrected chi connectivity index (χ4v) is 3.21. The SMILES string of the molecule is CC(C)CCN(CCc1ccc(Cl)c(Cl)c1)CC(O)CNC(=O)c1cccnc1. The Morgan fingerprint density at radius 1 is 1.21 bits per heavy atom. The fourth-order valence-electron chi connectivity index (χ4n) is 2.89. The summed E-state index contributed by atoms with van der Waals surface area (Å²) < 4.78 is 0. The van der Waals surface area contributed by atoms with Crippen LogP contribution in [0, 0.1) is 5.92 Å². The number of pyridine rings is 1. The van der Waals surface area contributed by atoms with Crippen LogP contribution in [0.3, 0.4) is 0 Å². The highest BCUT2D eigenvalue weighted by molar-refractivity contribution is 6.42. The number of benzene rings is 1. The molecule has 158 valence electrons. The number of halogens is 2. The molecule has 0 aliphatic heterocycles. The van der Waals surface area contributed by atoms with Crippen molar-refractivity contribution in [2.75, 3.05) is 26.2 Å². The lowest BCUT2D eigenvalue weighted by atomic mass is 10.1. The van der Waals surface area contributed by atoms with E-state index in [0.717, 1.165) is 31.5 Å². The summed E-state index contributed by atoms with van der Waals surface area (Å²) >= 11 is 12.1. The smallest absolute Gasteiger partial charge is 0.252 e. The van der Waals surface area contributed by atoms with Gasteiger partial charge in [-0.2, -0.15) is 0 Å². The average molecular weight is 438 g/mol. The van der Waals surface area contributed by atoms with E-state index >= 15 is 0 Å². The second-order valence-electron chi connectivity index (χ2n) is 7.59. The van der Waals surface area contributed by atoms with E-state index in [4.69, 9.17) is 23.2 Å². The van der Waals surface area contributed by atoms with Crippen LogP contribution in [0.5, 0.6) is 0 Å². The molecule has 1 atom stereocenters. The third-order valence-electron chi connectivity index (χ3n) is 4.61. The topological polar surface area (TPSA) is 65.5 Å². The highest BCUT2D eigenvalue weighted by Gasteiger charge is 2.14. The van der Waals surface area contributed by atoms with Gasteiger partial charge in [-0.15, -0.1) is 0 Å². The van der Waals surface area contributed by atoms with E-state index in [1.54, 1.807) is 24.4 Å². The maximum atomic E-state index is 12.1. The number of hydrogen-bond donors (Lipinski definition) is 2. The molecule has 0 saturated carbocycles. The third-order valence-corrected chi connectivity index (χ3v) is 5.35. The first kappa shape index (κ1) is 23.6. The number of hydrogen-bond acceptors (Lipinski definition) is 4. The zero-order valence-corrected chi connectivity index (χ0v) is 18.5. The number of aromatic nitrogens is 1. The van der Waals surface area contributed by atoms with E-state index in [1.165, 1.54) is 6.20 Å². The molecule has 0 aliphatic carbocycles. The number of amides is 1. The van der Waals surface area contributed by atoms with Gasteiger partial charge in [-0.05, 0) is 55.1 Å². The van der Waals surface area contributed by atoms with E-state index in [9.17, 15) is 9.90 Å². The summed E-state index contributed by atoms with van der Waals surface area (Å²) in [6.07, 6.45) is 4.32. The van der Waals surface area contributed by atoms with Gasteiger partial charge in [-0.1, -0.05) is 43.1 Å². The maximum absolute atomic E-state index is 12.1. The van der Waals surface area contributed by atoms with Gasteiger partial charge < -0.3 is 15.3 Å². The van der Waals surface area contributed by atoms with Crippen molar-refractivity contribution >= 4 is 29.1 Å². The molecule has 5 nitrogen and oxygen atoms in total. The number of carbonyl (C=O) groups excluding carboxylic acids is 1. The summed E-state index contributed by atoms with van der Waals surface area (Å²) in [6, 6.07) is 9.07. The van der Waals surface area contributed by atoms with Gasteiger partial charge in [-0.25, -0.2) is 0 Å². The molecule has 0 radical (unpaired) electrons. The molecular formula is C22H29Cl2N3O2. The van der Waals surface area contributed by atoms with Gasteiger partial charge in [0.1, 0.15) is 0 Å². The summed E-state index contributed by atoms with van der Waals surface area (Å²) in [6.45, 7) is 6.72. The molecule has 2 rings (SSSR count). The number of nitrogens with zero attached hydrogens (tertiary/aromatic N) is 2. The molecule has 1 unspecified atom stereocenters. The monoisotopic (exact) mass is 437 g/mol. The predicted molar refractivity (Wildman–Crippen MR) is 119 cm³/mol. The Hall–Kier alpha value is -1.66. The van der Waals surface area contributed by atoms with Crippen molar-refractivity contribution in [1.82, 2.24) is 15.2 Å². The van der Waals surface area contributed by atoms with Crippen LogP contribution < -0.4 is 5.32 Å². The van der Waals surface area contributed by atoms with E-state index in [-0.39, 0.29) is 12.5 Å². The van der Waals surface area contributed by atoms with Crippen molar-refractivity contribution in [3.05, 3.63) is 63.9 Å². The average Bonchev–Trinajstić information content (AvgIpc) is 2.71. The van der Waals surface area contributed by atoms with Gasteiger partial charge in [0.25, 0.3) is 5.91 Å². The molecule has 29 heavy (non-hydrogen) atoms. The van der Waals surface area contributed by atoms with E-state index in [0.29, 0.717) is 28.1 Å². The molecule has 2 aromatic rings. The van der Waals surface area contributed by atoms with Crippen LogP contribution in [0.1, 0.15) is 36.2 Å². The number of aliphatic hydroxyl groups excluding tert-OH is 1. The third kappa shape index (κ3) is 8.70. The number of nitrogens with one attached hydrogen (secondary N) is 1. The van der Waals surface area contributed by atoms with Gasteiger partial charge >= 0.3 is 0 Å². The molecule has 7 heteroatoms. The Morgan fingerprint density at radius 2 is 2.00 bits per heavy atom. The number of aliphatic hydroxyl groups is 1. The lowest BCUT2D eigenvalue weighted by Crippen LogP contribution is -2.41. The predicted octanol–water partition coefficient (Wildman–Crippen LogP) is 4.07. The summed E-state index contributed by atoms with van der Waals surface area (Å²) in [7, 11) is 0. The van der Waals surface area contributed by atoms with E-state index in [1.807, 2.05) is 12.1 Å². The van der Waals surface area contributed by atoms with Crippen molar-refractivity contribution < 1.29 is 9.90 Å². The quantitative estimate of drug-likeness (QED) is 0.555. The summed E-state index contributed by atoms with van der Waals surface area (Å²) in [5.74, 6) is 0.339. The maximum Gasteiger partial charge on any atom is 0.252 e. The first-order chi connectivity index (χ1) is 13.8. The molecule has 1 aromatic heterocycles. The standard InChI is InChI=1S/C22H29Cl2N3O2/c1-16(2)7-10-27(11-8-17-5-6-20(23)21(24)12-17)15-19(28)14-26-22(29)18-4-3-9-25-13-18/h3-6,9,12-13,16,19,28H,7-8,10-11,14-15H2,1-2H3,(H,26,29). The van der Waals surface area contributed by atoms with Gasteiger partial charge in [-0.3, -0.25) is 9.78 Å². The van der Waals surface area contributed by atoms with Crippen LogP contribution in [0.2, 0.25) is 10.0 Å². The van der Waals surface area contributed by atoms with Crippen molar-refractivity contribution in [2.24, 2.45) is 5.92 Å². The summed E-state index contributed by atoms with van der Waals surface area (Å²) in [5.41, 5.74) is 1.59. The van der Waals surface area contributed by atoms with Crippen LogP contribution in [-0.4, -0.2) is 53.2 Å². The lowest BCUT2D eigenvalue weighted by molar-refractivity contribution is 0.0854. The zero-order valence-electron chi connectivity index (χ0n) is 16.9. The Balaban J connectivity index is 1.87. The largest absolute Gasteiger partial charge is 0.390 e. The first-order valence-electron chi connectivity index (χ1n) is 9.87. The number of rotatable bonds is 11. The summed E-state index contributed by atoms with van der Waals surface area (Å²) in [4.78, 5) is 18.3. The minimum Gasteiger partial charge on any atom is -0.390 e. The van der Waals surface area contributed by atoms with Crippen LogP contribution in [0.15, 0.2) is 42.7 Å². The highest BCUT2D eigenvalue weighted by Crippen LogP contribution is 2.23. The molecule has 0 spiro atoms. The van der Waals surface area contributed by atoms with Crippen LogP contribution in [-0.2, 0) is 6.42 Å². The van der Waals surface area contributed by atoms with Gasteiger partial charge in [0.05, 0.1) is 21.7 Å². The molecule has 0 bridgehead atoms. The van der Waals surface area contributed by atoms with Crippen LogP contribution >= 0.6 is 23.2 Å². The highest BCUT2D eigenvalue weighted by atomic mass is 35.5. The Labute approximate surface area is 183 Å². The molecule has 0 saturated heterocycles. The molecular weight excluding hydrogens is 409 g/mol. The Kier molecular flexibility index (Phi) is 9.88. The van der Waals surface area contributed by atoms with Crippen molar-refractivity contribution in [3.63, 3.8) is 0 Å². The lowest BCUT2D eigenvalue weighted by Gasteiger charge is -2.26. The minimum absolute atomic E-state index is 0.193. The van der Waals surface area contributed by atoms with Gasteiger partial charge in [0.15, 0.2) is 0 Å². The normalized spacial score (nSPS) is 12.4. The van der Waals surface area contributed by atoms with Gasteiger partial charge in [0, 0.05) is 32.0 Å². The summed E-state index contributed by atoms with van der Waals surface area (Å²) in [5, 5.41) is 14.3. The minimum atomic E-state index is -0.656.